The number of likely N-dealkylation sites (N-methyl/N-ethyl adjacent to an activating group) is 1. The van der Waals surface area contributed by atoms with E-state index < -0.39 is 0 Å². The van der Waals surface area contributed by atoms with Gasteiger partial charge in [0.2, 0.25) is 0 Å². The zero-order valence-corrected chi connectivity index (χ0v) is 18.4. The maximum atomic E-state index is 12.9. The third-order valence-electron chi connectivity index (χ3n) is 6.02. The third-order valence-corrected chi connectivity index (χ3v) is 6.02. The summed E-state index contributed by atoms with van der Waals surface area (Å²) in [6, 6.07) is 15.8. The molecule has 1 aliphatic heterocycles. The van der Waals surface area contributed by atoms with Gasteiger partial charge in [0.1, 0.15) is 17.2 Å². The standard InChI is InChI=1S/C24H25N5O3/c1-16-13-19(26-32-16)24(30)28-12-11-27(2)22(15-28)20-14-29-21(5-4-6-23(29)25-20)17-7-9-18(31-3)10-8-17/h4-10,13-14,22H,11-12,15H2,1-3H3/t22-/m1/s1. The molecule has 0 spiro atoms. The number of hydrogen-bond acceptors (Lipinski definition) is 6. The smallest absolute Gasteiger partial charge is 0.276 e. The summed E-state index contributed by atoms with van der Waals surface area (Å²) in [5, 5.41) is 3.89. The van der Waals surface area contributed by atoms with E-state index >= 15 is 0 Å². The van der Waals surface area contributed by atoms with Gasteiger partial charge >= 0.3 is 0 Å². The molecule has 0 saturated carbocycles. The van der Waals surface area contributed by atoms with Crippen molar-refractivity contribution in [2.75, 3.05) is 33.8 Å². The maximum Gasteiger partial charge on any atom is 0.276 e. The summed E-state index contributed by atoms with van der Waals surface area (Å²) in [4.78, 5) is 21.9. The van der Waals surface area contributed by atoms with Crippen LogP contribution in [0.25, 0.3) is 16.9 Å². The summed E-state index contributed by atoms with van der Waals surface area (Å²) < 4.78 is 12.5. The van der Waals surface area contributed by atoms with Crippen LogP contribution in [0.3, 0.4) is 0 Å². The van der Waals surface area contributed by atoms with E-state index in [1.54, 1.807) is 20.1 Å². The molecule has 32 heavy (non-hydrogen) atoms. The average Bonchev–Trinajstić information content (AvgIpc) is 3.45. The Morgan fingerprint density at radius 3 is 2.69 bits per heavy atom. The Hall–Kier alpha value is -3.65. The molecule has 4 aromatic rings. The second kappa shape index (κ2) is 8.12. The number of methoxy groups -OCH3 is 1. The van der Waals surface area contributed by atoms with Gasteiger partial charge < -0.3 is 14.2 Å². The first kappa shape index (κ1) is 20.3. The van der Waals surface area contributed by atoms with Crippen LogP contribution < -0.4 is 4.74 Å². The molecule has 0 radical (unpaired) electrons. The van der Waals surface area contributed by atoms with Crippen molar-refractivity contribution in [2.45, 2.75) is 13.0 Å². The first-order chi connectivity index (χ1) is 15.5. The molecule has 1 aromatic carbocycles. The Morgan fingerprint density at radius 1 is 1.16 bits per heavy atom. The Balaban J connectivity index is 1.46. The number of benzene rings is 1. The molecule has 0 N–H and O–H groups in total. The number of hydrogen-bond donors (Lipinski definition) is 0. The van der Waals surface area contributed by atoms with E-state index in [1.165, 1.54) is 0 Å². The number of ether oxygens (including phenoxy) is 1. The molecule has 0 bridgehead atoms. The number of pyridine rings is 1. The van der Waals surface area contributed by atoms with Crippen molar-refractivity contribution in [1.29, 1.82) is 0 Å². The summed E-state index contributed by atoms with van der Waals surface area (Å²) >= 11 is 0. The molecule has 8 nitrogen and oxygen atoms in total. The molecule has 1 amide bonds. The van der Waals surface area contributed by atoms with Crippen molar-refractivity contribution in [1.82, 2.24) is 24.3 Å². The predicted octanol–water partition coefficient (Wildman–Crippen LogP) is 3.44. The quantitative estimate of drug-likeness (QED) is 0.493. The van der Waals surface area contributed by atoms with Gasteiger partial charge in [-0.25, -0.2) is 4.98 Å². The van der Waals surface area contributed by atoms with Crippen LogP contribution in [0, 0.1) is 6.92 Å². The van der Waals surface area contributed by atoms with Gasteiger partial charge in [0, 0.05) is 31.9 Å². The van der Waals surface area contributed by atoms with Crippen LogP contribution in [0.1, 0.15) is 28.0 Å². The normalized spacial score (nSPS) is 17.1. The Bertz CT molecular complexity index is 1260. The number of aryl methyl sites for hydroxylation is 1. The second-order valence-electron chi connectivity index (χ2n) is 8.10. The highest BCUT2D eigenvalue weighted by Gasteiger charge is 2.31. The van der Waals surface area contributed by atoms with Crippen LogP contribution in [-0.4, -0.2) is 64.0 Å². The van der Waals surface area contributed by atoms with Gasteiger partial charge in [0.05, 0.1) is 24.5 Å². The fourth-order valence-corrected chi connectivity index (χ4v) is 4.19. The van der Waals surface area contributed by atoms with Crippen molar-refractivity contribution >= 4 is 11.6 Å². The zero-order chi connectivity index (χ0) is 22.2. The average molecular weight is 431 g/mol. The molecule has 3 aromatic heterocycles. The summed E-state index contributed by atoms with van der Waals surface area (Å²) in [5.74, 6) is 1.34. The predicted molar refractivity (Wildman–Crippen MR) is 120 cm³/mol. The van der Waals surface area contributed by atoms with Gasteiger partial charge in [-0.05, 0) is 55.9 Å². The molecule has 164 valence electrons. The zero-order valence-electron chi connectivity index (χ0n) is 18.4. The van der Waals surface area contributed by atoms with Crippen molar-refractivity contribution in [2.24, 2.45) is 0 Å². The minimum Gasteiger partial charge on any atom is -0.497 e. The fraction of sp³-hybridized carbons (Fsp3) is 0.292. The van der Waals surface area contributed by atoms with E-state index in [0.717, 1.165) is 34.9 Å². The van der Waals surface area contributed by atoms with E-state index in [1.807, 2.05) is 41.3 Å². The lowest BCUT2D eigenvalue weighted by atomic mass is 10.1. The van der Waals surface area contributed by atoms with E-state index in [0.29, 0.717) is 24.5 Å². The number of fused-ring (bicyclic) bond motifs is 1. The molecule has 5 rings (SSSR count). The van der Waals surface area contributed by atoms with Gasteiger partial charge in [-0.3, -0.25) is 14.1 Å². The van der Waals surface area contributed by atoms with E-state index in [9.17, 15) is 4.79 Å². The molecular formula is C24H25N5O3. The topological polar surface area (TPSA) is 76.1 Å². The van der Waals surface area contributed by atoms with Crippen molar-refractivity contribution in [3.63, 3.8) is 0 Å². The number of rotatable bonds is 4. The van der Waals surface area contributed by atoms with Gasteiger partial charge in [-0.15, -0.1) is 0 Å². The van der Waals surface area contributed by atoms with E-state index in [4.69, 9.17) is 14.2 Å². The van der Waals surface area contributed by atoms with E-state index in [-0.39, 0.29) is 11.9 Å². The first-order valence-corrected chi connectivity index (χ1v) is 10.6. The summed E-state index contributed by atoms with van der Waals surface area (Å²) in [6.45, 7) is 3.73. The Morgan fingerprint density at radius 2 is 1.97 bits per heavy atom. The fourth-order valence-electron chi connectivity index (χ4n) is 4.19. The maximum absolute atomic E-state index is 12.9. The molecule has 1 atom stereocenters. The van der Waals surface area contributed by atoms with Gasteiger partial charge in [0.15, 0.2) is 5.69 Å². The van der Waals surface area contributed by atoms with Gasteiger partial charge in [-0.1, -0.05) is 11.2 Å². The van der Waals surface area contributed by atoms with Crippen LogP contribution >= 0.6 is 0 Å². The lowest BCUT2D eigenvalue weighted by Crippen LogP contribution is -2.49. The SMILES string of the molecule is COc1ccc(-c2cccc3nc([C@H]4CN(C(=O)c5cc(C)on5)CCN4C)cn23)cc1. The number of carbonyl (C=O) groups excluding carboxylic acids is 1. The highest BCUT2D eigenvalue weighted by atomic mass is 16.5. The van der Waals surface area contributed by atoms with Crippen LogP contribution in [0.5, 0.6) is 5.75 Å². The minimum absolute atomic E-state index is 0.00989. The van der Waals surface area contributed by atoms with Crippen LogP contribution in [0.15, 0.2) is 59.3 Å². The minimum atomic E-state index is -0.109. The molecule has 0 aliphatic carbocycles. The van der Waals surface area contributed by atoms with Crippen molar-refractivity contribution < 1.29 is 14.1 Å². The summed E-state index contributed by atoms with van der Waals surface area (Å²) in [7, 11) is 3.73. The summed E-state index contributed by atoms with van der Waals surface area (Å²) in [5.41, 5.74) is 4.28. The van der Waals surface area contributed by atoms with Crippen LogP contribution in [0.4, 0.5) is 0 Å². The van der Waals surface area contributed by atoms with Crippen LogP contribution in [-0.2, 0) is 0 Å². The number of piperazine rings is 1. The molecule has 0 unspecified atom stereocenters. The van der Waals surface area contributed by atoms with Crippen molar-refractivity contribution in [3.8, 4) is 17.0 Å². The lowest BCUT2D eigenvalue weighted by molar-refractivity contribution is 0.0531. The number of nitrogens with zero attached hydrogens (tertiary/aromatic N) is 5. The van der Waals surface area contributed by atoms with E-state index in [2.05, 4.69) is 33.8 Å². The molecule has 1 saturated heterocycles. The number of amides is 1. The monoisotopic (exact) mass is 431 g/mol. The van der Waals surface area contributed by atoms with Gasteiger partial charge in [-0.2, -0.15) is 0 Å². The Kier molecular flexibility index (Phi) is 5.14. The second-order valence-corrected chi connectivity index (χ2v) is 8.10. The third kappa shape index (κ3) is 3.62. The Labute approximate surface area is 186 Å². The van der Waals surface area contributed by atoms with Crippen LogP contribution in [0.2, 0.25) is 0 Å². The van der Waals surface area contributed by atoms with Gasteiger partial charge in [0.25, 0.3) is 5.91 Å². The molecule has 1 aliphatic rings. The lowest BCUT2D eigenvalue weighted by Gasteiger charge is -2.38. The molecular weight excluding hydrogens is 406 g/mol. The molecule has 4 heterocycles. The first-order valence-electron chi connectivity index (χ1n) is 10.6. The number of imidazole rings is 1. The molecule has 8 heteroatoms. The van der Waals surface area contributed by atoms with Crippen molar-refractivity contribution in [3.05, 3.63) is 71.9 Å². The highest BCUT2D eigenvalue weighted by Crippen LogP contribution is 2.28. The molecule has 1 fully saturated rings. The number of carbonyl (C=O) groups is 1. The highest BCUT2D eigenvalue weighted by molar-refractivity contribution is 5.92. The number of aromatic nitrogens is 3. The largest absolute Gasteiger partial charge is 0.497 e. The summed E-state index contributed by atoms with van der Waals surface area (Å²) in [6.07, 6.45) is 2.07.